The summed E-state index contributed by atoms with van der Waals surface area (Å²) in [7, 11) is -3.72. The van der Waals surface area contributed by atoms with E-state index in [4.69, 9.17) is 11.6 Å². The summed E-state index contributed by atoms with van der Waals surface area (Å²) in [4.78, 5) is -0.0829. The van der Waals surface area contributed by atoms with Gasteiger partial charge < -0.3 is 5.32 Å². The Labute approximate surface area is 123 Å². The monoisotopic (exact) mass is 320 g/mol. The average molecular weight is 321 g/mol. The second-order valence-corrected chi connectivity index (χ2v) is 7.39. The van der Waals surface area contributed by atoms with Gasteiger partial charge in [-0.25, -0.2) is 17.5 Å². The molecular formula is C13H18ClFN2O2S. The van der Waals surface area contributed by atoms with E-state index in [2.05, 4.69) is 10.0 Å². The number of hydrogen-bond acceptors (Lipinski definition) is 3. The second-order valence-electron chi connectivity index (χ2n) is 5.32. The molecule has 0 amide bonds. The van der Waals surface area contributed by atoms with Crippen LogP contribution in [0.3, 0.4) is 0 Å². The number of hydrogen-bond donors (Lipinski definition) is 2. The molecule has 0 aromatic heterocycles. The Hall–Kier alpha value is -0.690. The van der Waals surface area contributed by atoms with Crippen molar-refractivity contribution in [3.63, 3.8) is 0 Å². The predicted octanol–water partition coefficient (Wildman–Crippen LogP) is 2.42. The van der Waals surface area contributed by atoms with E-state index in [0.29, 0.717) is 18.7 Å². The van der Waals surface area contributed by atoms with Crippen molar-refractivity contribution in [1.29, 1.82) is 0 Å². The number of sulfonamides is 1. The first-order chi connectivity index (χ1) is 9.27. The van der Waals surface area contributed by atoms with Crippen LogP contribution in [0.25, 0.3) is 0 Å². The van der Waals surface area contributed by atoms with Gasteiger partial charge in [0.2, 0.25) is 10.0 Å². The van der Waals surface area contributed by atoms with Gasteiger partial charge in [0.05, 0.1) is 9.92 Å². The van der Waals surface area contributed by atoms with Crippen LogP contribution < -0.4 is 10.0 Å². The summed E-state index contributed by atoms with van der Waals surface area (Å²) in [5.74, 6) is -0.719. The van der Waals surface area contributed by atoms with Crippen LogP contribution in [0.1, 0.15) is 32.3 Å². The molecule has 0 spiro atoms. The summed E-state index contributed by atoms with van der Waals surface area (Å²) in [6, 6.07) is 2.38. The van der Waals surface area contributed by atoms with Crippen LogP contribution in [0.5, 0.6) is 0 Å². The molecule has 0 atom stereocenters. The third-order valence-electron chi connectivity index (χ3n) is 3.33. The van der Waals surface area contributed by atoms with Crippen molar-refractivity contribution in [3.05, 3.63) is 28.5 Å². The highest BCUT2D eigenvalue weighted by Crippen LogP contribution is 2.36. The Bertz CT molecular complexity index is 615. The average Bonchev–Trinajstić information content (AvgIpc) is 3.07. The quantitative estimate of drug-likeness (QED) is 0.846. The van der Waals surface area contributed by atoms with Crippen LogP contribution in [0, 0.1) is 5.82 Å². The Morgan fingerprint density at radius 3 is 2.60 bits per heavy atom. The molecule has 0 saturated heterocycles. The van der Waals surface area contributed by atoms with Crippen LogP contribution in [0.2, 0.25) is 5.02 Å². The van der Waals surface area contributed by atoms with E-state index < -0.39 is 21.4 Å². The lowest BCUT2D eigenvalue weighted by molar-refractivity contribution is 0.555. The van der Waals surface area contributed by atoms with E-state index in [-0.39, 0.29) is 9.92 Å². The molecule has 0 aliphatic heterocycles. The Kier molecular flexibility index (Phi) is 4.39. The van der Waals surface area contributed by atoms with Crippen LogP contribution >= 0.6 is 11.6 Å². The molecule has 0 unspecified atom stereocenters. The molecule has 0 bridgehead atoms. The molecule has 0 radical (unpaired) electrons. The maximum Gasteiger partial charge on any atom is 0.241 e. The van der Waals surface area contributed by atoms with Crippen molar-refractivity contribution in [2.45, 2.75) is 43.7 Å². The molecule has 4 nitrogen and oxygen atoms in total. The van der Waals surface area contributed by atoms with Gasteiger partial charge >= 0.3 is 0 Å². The first-order valence-corrected chi connectivity index (χ1v) is 8.36. The van der Waals surface area contributed by atoms with E-state index in [9.17, 15) is 12.8 Å². The summed E-state index contributed by atoms with van der Waals surface area (Å²) >= 11 is 5.87. The minimum absolute atomic E-state index is 0.0393. The van der Waals surface area contributed by atoms with Crippen molar-refractivity contribution in [2.24, 2.45) is 0 Å². The molecule has 1 aliphatic carbocycles. The van der Waals surface area contributed by atoms with Gasteiger partial charge in [-0.3, -0.25) is 0 Å². The lowest BCUT2D eigenvalue weighted by Gasteiger charge is -2.14. The fourth-order valence-electron chi connectivity index (χ4n) is 1.83. The molecule has 20 heavy (non-hydrogen) atoms. The predicted molar refractivity (Wildman–Crippen MR) is 76.8 cm³/mol. The zero-order valence-corrected chi connectivity index (χ0v) is 13.0. The van der Waals surface area contributed by atoms with Crippen LogP contribution in [-0.2, 0) is 16.6 Å². The lowest BCUT2D eigenvalue weighted by atomic mass is 10.2. The molecule has 1 fully saturated rings. The van der Waals surface area contributed by atoms with Gasteiger partial charge in [-0.15, -0.1) is 0 Å². The molecule has 2 rings (SSSR count). The molecule has 1 aromatic rings. The largest absolute Gasteiger partial charge is 0.313 e. The van der Waals surface area contributed by atoms with Gasteiger partial charge in [-0.2, -0.15) is 0 Å². The van der Waals surface area contributed by atoms with Crippen molar-refractivity contribution < 1.29 is 12.8 Å². The van der Waals surface area contributed by atoms with Gasteiger partial charge in [0.25, 0.3) is 0 Å². The van der Waals surface area contributed by atoms with Gasteiger partial charge in [-0.1, -0.05) is 18.5 Å². The summed E-state index contributed by atoms with van der Waals surface area (Å²) in [6.45, 7) is 4.74. The van der Waals surface area contributed by atoms with Crippen LogP contribution in [0.15, 0.2) is 17.0 Å². The zero-order chi connectivity index (χ0) is 15.0. The molecule has 1 aromatic carbocycles. The van der Waals surface area contributed by atoms with Gasteiger partial charge in [0, 0.05) is 12.1 Å². The number of rotatable bonds is 6. The van der Waals surface area contributed by atoms with Crippen molar-refractivity contribution in [1.82, 2.24) is 10.0 Å². The lowest BCUT2D eigenvalue weighted by Crippen LogP contribution is -2.34. The summed E-state index contributed by atoms with van der Waals surface area (Å²) < 4.78 is 40.9. The SMILES string of the molecule is CCNCc1cc(S(=O)(=O)NC2(C)CC2)cc(F)c1Cl. The fourth-order valence-corrected chi connectivity index (χ4v) is 3.54. The maximum atomic E-state index is 13.8. The van der Waals surface area contributed by atoms with Crippen molar-refractivity contribution >= 4 is 21.6 Å². The Morgan fingerprint density at radius 1 is 1.40 bits per heavy atom. The fraction of sp³-hybridized carbons (Fsp3) is 0.538. The summed E-state index contributed by atoms with van der Waals surface area (Å²) in [6.07, 6.45) is 1.60. The van der Waals surface area contributed by atoms with Gasteiger partial charge in [-0.05, 0) is 44.0 Å². The van der Waals surface area contributed by atoms with Gasteiger partial charge in [0.15, 0.2) is 0 Å². The Balaban J connectivity index is 2.33. The molecule has 2 N–H and O–H groups in total. The smallest absolute Gasteiger partial charge is 0.241 e. The van der Waals surface area contributed by atoms with E-state index in [1.54, 1.807) is 0 Å². The topological polar surface area (TPSA) is 58.2 Å². The van der Waals surface area contributed by atoms with E-state index in [0.717, 1.165) is 18.9 Å². The third-order valence-corrected chi connectivity index (χ3v) is 5.37. The molecule has 0 heterocycles. The first-order valence-electron chi connectivity index (χ1n) is 6.50. The van der Waals surface area contributed by atoms with Crippen LogP contribution in [0.4, 0.5) is 4.39 Å². The normalized spacial score (nSPS) is 17.2. The summed E-state index contributed by atoms with van der Waals surface area (Å²) in [5, 5.41) is 2.97. The van der Waals surface area contributed by atoms with E-state index >= 15 is 0 Å². The summed E-state index contributed by atoms with van der Waals surface area (Å²) in [5.41, 5.74) is 0.0476. The maximum absolute atomic E-state index is 13.8. The molecule has 7 heteroatoms. The minimum atomic E-state index is -3.72. The van der Waals surface area contributed by atoms with Crippen molar-refractivity contribution in [2.75, 3.05) is 6.54 Å². The van der Waals surface area contributed by atoms with Crippen LogP contribution in [-0.4, -0.2) is 20.5 Å². The zero-order valence-electron chi connectivity index (χ0n) is 11.5. The second kappa shape index (κ2) is 5.60. The van der Waals surface area contributed by atoms with Gasteiger partial charge in [0.1, 0.15) is 5.82 Å². The Morgan fingerprint density at radius 2 is 2.05 bits per heavy atom. The molecular weight excluding hydrogens is 303 g/mol. The van der Waals surface area contributed by atoms with E-state index in [1.165, 1.54) is 6.07 Å². The first kappa shape index (κ1) is 15.7. The third kappa shape index (κ3) is 3.49. The molecule has 112 valence electrons. The molecule has 1 aliphatic rings. The van der Waals surface area contributed by atoms with Crippen molar-refractivity contribution in [3.8, 4) is 0 Å². The number of benzene rings is 1. The highest BCUT2D eigenvalue weighted by atomic mass is 35.5. The molecule has 1 saturated carbocycles. The minimum Gasteiger partial charge on any atom is -0.313 e. The number of halogens is 2. The highest BCUT2D eigenvalue weighted by molar-refractivity contribution is 7.89. The number of nitrogens with one attached hydrogen (secondary N) is 2. The standard InChI is InChI=1S/C13H18ClFN2O2S/c1-3-16-8-9-6-10(7-11(15)12(9)14)20(18,19)17-13(2)4-5-13/h6-7,16-17H,3-5,8H2,1-2H3. The highest BCUT2D eigenvalue weighted by Gasteiger charge is 2.41. The van der Waals surface area contributed by atoms with E-state index in [1.807, 2.05) is 13.8 Å².